The van der Waals surface area contributed by atoms with Crippen LogP contribution in [-0.4, -0.2) is 25.0 Å². The lowest BCUT2D eigenvalue weighted by Crippen LogP contribution is -2.37. The third-order valence-corrected chi connectivity index (χ3v) is 2.70. The Labute approximate surface area is 113 Å². The molecule has 1 aromatic carbocycles. The fourth-order valence-electron chi connectivity index (χ4n) is 1.58. The molecule has 1 rings (SSSR count). The SMILES string of the molecule is COc1ccc(Cl)cc1C(=O)CCNC(C)(C)C. The van der Waals surface area contributed by atoms with Crippen molar-refractivity contribution >= 4 is 17.4 Å². The van der Waals surface area contributed by atoms with Gasteiger partial charge >= 0.3 is 0 Å². The van der Waals surface area contributed by atoms with Crippen LogP contribution < -0.4 is 10.1 Å². The number of hydrogen-bond donors (Lipinski definition) is 1. The number of ether oxygens (including phenoxy) is 1. The van der Waals surface area contributed by atoms with Gasteiger partial charge in [-0.3, -0.25) is 4.79 Å². The predicted octanol–water partition coefficient (Wildman–Crippen LogP) is 3.31. The Balaban J connectivity index is 2.69. The average molecular weight is 270 g/mol. The Morgan fingerprint density at radius 3 is 2.61 bits per heavy atom. The van der Waals surface area contributed by atoms with E-state index < -0.39 is 0 Å². The summed E-state index contributed by atoms with van der Waals surface area (Å²) in [5, 5.41) is 3.82. The summed E-state index contributed by atoms with van der Waals surface area (Å²) in [6, 6.07) is 5.08. The monoisotopic (exact) mass is 269 g/mol. The van der Waals surface area contributed by atoms with Crippen molar-refractivity contribution in [1.82, 2.24) is 5.32 Å². The summed E-state index contributed by atoms with van der Waals surface area (Å²) in [6.07, 6.45) is 0.425. The molecule has 0 aliphatic heterocycles. The number of hydrogen-bond acceptors (Lipinski definition) is 3. The molecule has 0 spiro atoms. The van der Waals surface area contributed by atoms with Crippen LogP contribution in [0.3, 0.4) is 0 Å². The van der Waals surface area contributed by atoms with Gasteiger partial charge in [-0.25, -0.2) is 0 Å². The normalized spacial score (nSPS) is 11.4. The summed E-state index contributed by atoms with van der Waals surface area (Å²) in [4.78, 5) is 12.1. The molecule has 0 amide bonds. The van der Waals surface area contributed by atoms with Gasteiger partial charge in [0.25, 0.3) is 0 Å². The van der Waals surface area contributed by atoms with Crippen molar-refractivity contribution in [1.29, 1.82) is 0 Å². The fourth-order valence-corrected chi connectivity index (χ4v) is 1.76. The molecule has 0 saturated carbocycles. The van der Waals surface area contributed by atoms with E-state index in [0.29, 0.717) is 29.3 Å². The van der Waals surface area contributed by atoms with Gasteiger partial charge in [0.05, 0.1) is 12.7 Å². The van der Waals surface area contributed by atoms with Crippen LogP contribution in [0.2, 0.25) is 5.02 Å². The van der Waals surface area contributed by atoms with Gasteiger partial charge in [0.2, 0.25) is 0 Å². The van der Waals surface area contributed by atoms with Gasteiger partial charge in [0, 0.05) is 23.5 Å². The highest BCUT2D eigenvalue weighted by Gasteiger charge is 2.14. The predicted molar refractivity (Wildman–Crippen MR) is 74.7 cm³/mol. The minimum atomic E-state index is 0.0126. The fraction of sp³-hybridized carbons (Fsp3) is 0.500. The summed E-state index contributed by atoms with van der Waals surface area (Å²) in [5.41, 5.74) is 0.555. The molecule has 0 bridgehead atoms. The topological polar surface area (TPSA) is 38.3 Å². The largest absolute Gasteiger partial charge is 0.496 e. The molecule has 0 aliphatic rings. The molecular weight excluding hydrogens is 250 g/mol. The highest BCUT2D eigenvalue weighted by atomic mass is 35.5. The second kappa shape index (κ2) is 6.21. The van der Waals surface area contributed by atoms with Crippen LogP contribution in [0.4, 0.5) is 0 Å². The molecule has 0 aromatic heterocycles. The van der Waals surface area contributed by atoms with Gasteiger partial charge in [-0.2, -0.15) is 0 Å². The smallest absolute Gasteiger partial charge is 0.167 e. The molecule has 3 nitrogen and oxygen atoms in total. The van der Waals surface area contributed by atoms with Gasteiger partial charge in [-0.1, -0.05) is 11.6 Å². The molecule has 18 heavy (non-hydrogen) atoms. The van der Waals surface area contributed by atoms with Crippen molar-refractivity contribution in [3.05, 3.63) is 28.8 Å². The van der Waals surface area contributed by atoms with Crippen molar-refractivity contribution in [3.8, 4) is 5.75 Å². The molecule has 4 heteroatoms. The molecule has 0 unspecified atom stereocenters. The molecule has 0 heterocycles. The number of carbonyl (C=O) groups is 1. The number of carbonyl (C=O) groups excluding carboxylic acids is 1. The van der Waals surface area contributed by atoms with Crippen LogP contribution in [0.1, 0.15) is 37.6 Å². The standard InChI is InChI=1S/C14H20ClNO2/c1-14(2,3)16-8-7-12(17)11-9-10(15)5-6-13(11)18-4/h5-6,9,16H,7-8H2,1-4H3. The van der Waals surface area contributed by atoms with Gasteiger partial charge < -0.3 is 10.1 Å². The van der Waals surface area contributed by atoms with Crippen molar-refractivity contribution in [3.63, 3.8) is 0 Å². The number of halogens is 1. The minimum Gasteiger partial charge on any atom is -0.496 e. The number of Topliss-reactive ketones (excluding diaryl/α,β-unsaturated/α-hetero) is 1. The Bertz CT molecular complexity index is 424. The average Bonchev–Trinajstić information content (AvgIpc) is 2.27. The third kappa shape index (κ3) is 4.67. The summed E-state index contributed by atoms with van der Waals surface area (Å²) >= 11 is 5.90. The first-order valence-electron chi connectivity index (χ1n) is 5.95. The van der Waals surface area contributed by atoms with E-state index in [2.05, 4.69) is 26.1 Å². The van der Waals surface area contributed by atoms with E-state index in [0.717, 1.165) is 0 Å². The minimum absolute atomic E-state index is 0.0126. The van der Waals surface area contributed by atoms with E-state index in [1.54, 1.807) is 25.3 Å². The molecular formula is C14H20ClNO2. The number of benzene rings is 1. The molecule has 1 N–H and O–H groups in total. The van der Waals surface area contributed by atoms with Crippen LogP contribution in [0.25, 0.3) is 0 Å². The van der Waals surface area contributed by atoms with Gasteiger partial charge in [0.1, 0.15) is 5.75 Å². The Morgan fingerprint density at radius 2 is 2.06 bits per heavy atom. The lowest BCUT2D eigenvalue weighted by Gasteiger charge is -2.20. The molecule has 0 fully saturated rings. The first-order valence-corrected chi connectivity index (χ1v) is 6.33. The summed E-state index contributed by atoms with van der Waals surface area (Å²) in [7, 11) is 1.55. The van der Waals surface area contributed by atoms with Crippen molar-refractivity contribution in [2.75, 3.05) is 13.7 Å². The molecule has 0 saturated heterocycles. The zero-order chi connectivity index (χ0) is 13.8. The van der Waals surface area contributed by atoms with Gasteiger partial charge in [0.15, 0.2) is 5.78 Å². The highest BCUT2D eigenvalue weighted by molar-refractivity contribution is 6.31. The first-order chi connectivity index (χ1) is 8.33. The molecule has 0 radical (unpaired) electrons. The van der Waals surface area contributed by atoms with Crippen molar-refractivity contribution in [2.24, 2.45) is 0 Å². The maximum Gasteiger partial charge on any atom is 0.167 e. The van der Waals surface area contributed by atoms with Crippen LogP contribution in [0.15, 0.2) is 18.2 Å². The van der Waals surface area contributed by atoms with E-state index in [9.17, 15) is 4.79 Å². The highest BCUT2D eigenvalue weighted by Crippen LogP contribution is 2.23. The van der Waals surface area contributed by atoms with E-state index in [1.165, 1.54) is 0 Å². The van der Waals surface area contributed by atoms with E-state index in [1.807, 2.05) is 0 Å². The Kier molecular flexibility index (Phi) is 5.17. The lowest BCUT2D eigenvalue weighted by atomic mass is 10.1. The number of rotatable bonds is 5. The zero-order valence-electron chi connectivity index (χ0n) is 11.3. The van der Waals surface area contributed by atoms with Gasteiger partial charge in [-0.15, -0.1) is 0 Å². The number of methoxy groups -OCH3 is 1. The Morgan fingerprint density at radius 1 is 1.39 bits per heavy atom. The second-order valence-electron chi connectivity index (χ2n) is 5.19. The van der Waals surface area contributed by atoms with E-state index in [4.69, 9.17) is 16.3 Å². The van der Waals surface area contributed by atoms with Crippen LogP contribution >= 0.6 is 11.6 Å². The lowest BCUT2D eigenvalue weighted by molar-refractivity contribution is 0.0977. The Hall–Kier alpha value is -1.06. The van der Waals surface area contributed by atoms with Crippen molar-refractivity contribution in [2.45, 2.75) is 32.7 Å². The first kappa shape index (κ1) is 15.0. The summed E-state index contributed by atoms with van der Waals surface area (Å²) in [6.45, 7) is 6.84. The molecule has 0 aliphatic carbocycles. The summed E-state index contributed by atoms with van der Waals surface area (Å²) < 4.78 is 5.17. The third-order valence-electron chi connectivity index (χ3n) is 2.47. The van der Waals surface area contributed by atoms with Crippen LogP contribution in [0.5, 0.6) is 5.75 Å². The summed E-state index contributed by atoms with van der Waals surface area (Å²) in [5.74, 6) is 0.603. The van der Waals surface area contributed by atoms with E-state index in [-0.39, 0.29) is 11.3 Å². The van der Waals surface area contributed by atoms with E-state index >= 15 is 0 Å². The quantitative estimate of drug-likeness (QED) is 0.834. The zero-order valence-corrected chi connectivity index (χ0v) is 12.1. The van der Waals surface area contributed by atoms with Crippen LogP contribution in [-0.2, 0) is 0 Å². The van der Waals surface area contributed by atoms with Crippen LogP contribution in [0, 0.1) is 0 Å². The maximum atomic E-state index is 12.1. The van der Waals surface area contributed by atoms with Crippen molar-refractivity contribution < 1.29 is 9.53 Å². The number of nitrogens with one attached hydrogen (secondary N) is 1. The maximum absolute atomic E-state index is 12.1. The molecule has 1 aromatic rings. The number of ketones is 1. The van der Waals surface area contributed by atoms with Gasteiger partial charge in [-0.05, 0) is 39.0 Å². The molecule has 100 valence electrons. The second-order valence-corrected chi connectivity index (χ2v) is 5.63. The molecule has 0 atom stereocenters.